The molecule has 0 bridgehead atoms. The van der Waals surface area contributed by atoms with Crippen LogP contribution < -0.4 is 5.32 Å². The van der Waals surface area contributed by atoms with Crippen LogP contribution in [0.2, 0.25) is 0 Å². The summed E-state index contributed by atoms with van der Waals surface area (Å²) in [4.78, 5) is 4.21. The molecule has 0 saturated carbocycles. The third-order valence-corrected chi connectivity index (χ3v) is 2.00. The van der Waals surface area contributed by atoms with Gasteiger partial charge in [-0.1, -0.05) is 6.08 Å². The highest BCUT2D eigenvalue weighted by molar-refractivity contribution is 9.10. The highest BCUT2D eigenvalue weighted by atomic mass is 79.9. The van der Waals surface area contributed by atoms with E-state index in [9.17, 15) is 0 Å². The minimum atomic E-state index is 0.731. The molecule has 0 amide bonds. The molecule has 0 saturated heterocycles. The lowest BCUT2D eigenvalue weighted by atomic mass is 10.3. The number of hydrogen-bond donors (Lipinski definition) is 1. The molecular weight excluding hydrogens is 216 g/mol. The standard InChI is InChI=1S/C9H11BrN2/c1-3-4-11-9-8(10)5-7(2)6-12-9/h3,5-6H,1,4H2,2H3,(H,11,12). The quantitative estimate of drug-likeness (QED) is 0.803. The first kappa shape index (κ1) is 9.26. The number of pyridine rings is 1. The first-order valence-electron chi connectivity index (χ1n) is 3.71. The average molecular weight is 227 g/mol. The zero-order chi connectivity index (χ0) is 8.97. The highest BCUT2D eigenvalue weighted by Gasteiger charge is 1.98. The van der Waals surface area contributed by atoms with Gasteiger partial charge in [0, 0.05) is 12.7 Å². The van der Waals surface area contributed by atoms with Gasteiger partial charge in [-0.15, -0.1) is 6.58 Å². The molecule has 0 fully saturated rings. The lowest BCUT2D eigenvalue weighted by Gasteiger charge is -2.04. The van der Waals surface area contributed by atoms with Crippen molar-refractivity contribution < 1.29 is 0 Å². The molecule has 1 rings (SSSR count). The summed E-state index contributed by atoms with van der Waals surface area (Å²) in [5.41, 5.74) is 1.14. The minimum absolute atomic E-state index is 0.731. The van der Waals surface area contributed by atoms with Crippen molar-refractivity contribution in [3.8, 4) is 0 Å². The van der Waals surface area contributed by atoms with E-state index in [1.165, 1.54) is 0 Å². The Labute approximate surface area is 80.8 Å². The monoisotopic (exact) mass is 226 g/mol. The zero-order valence-corrected chi connectivity index (χ0v) is 8.56. The summed E-state index contributed by atoms with van der Waals surface area (Å²) in [6, 6.07) is 2.03. The highest BCUT2D eigenvalue weighted by Crippen LogP contribution is 2.19. The van der Waals surface area contributed by atoms with E-state index in [2.05, 4.69) is 32.8 Å². The Morgan fingerprint density at radius 1 is 1.75 bits per heavy atom. The maximum absolute atomic E-state index is 4.21. The molecule has 1 N–H and O–H groups in total. The number of halogens is 1. The first-order valence-corrected chi connectivity index (χ1v) is 4.50. The van der Waals surface area contributed by atoms with Gasteiger partial charge in [0.25, 0.3) is 0 Å². The predicted octanol–water partition coefficient (Wildman–Crippen LogP) is 2.75. The molecule has 0 unspecified atom stereocenters. The van der Waals surface area contributed by atoms with E-state index >= 15 is 0 Å². The Bertz CT molecular complexity index is 284. The van der Waals surface area contributed by atoms with Crippen LogP contribution in [0.3, 0.4) is 0 Å². The molecule has 1 aromatic heterocycles. The van der Waals surface area contributed by atoms with Crippen molar-refractivity contribution in [3.63, 3.8) is 0 Å². The fourth-order valence-corrected chi connectivity index (χ4v) is 1.44. The number of aryl methyl sites for hydroxylation is 1. The van der Waals surface area contributed by atoms with Gasteiger partial charge >= 0.3 is 0 Å². The largest absolute Gasteiger partial charge is 0.366 e. The Kier molecular flexibility index (Phi) is 3.29. The molecule has 2 nitrogen and oxygen atoms in total. The molecule has 1 heterocycles. The second kappa shape index (κ2) is 4.26. The van der Waals surface area contributed by atoms with Gasteiger partial charge in [-0.05, 0) is 34.5 Å². The molecule has 0 radical (unpaired) electrons. The molecule has 3 heteroatoms. The van der Waals surface area contributed by atoms with E-state index < -0.39 is 0 Å². The lowest BCUT2D eigenvalue weighted by molar-refractivity contribution is 1.19. The van der Waals surface area contributed by atoms with Crippen LogP contribution >= 0.6 is 15.9 Å². The van der Waals surface area contributed by atoms with Gasteiger partial charge in [0.1, 0.15) is 5.82 Å². The van der Waals surface area contributed by atoms with Crippen molar-refractivity contribution in [1.29, 1.82) is 0 Å². The molecule has 0 atom stereocenters. The van der Waals surface area contributed by atoms with Crippen LogP contribution in [0.4, 0.5) is 5.82 Å². The first-order chi connectivity index (χ1) is 5.74. The number of hydrogen-bond acceptors (Lipinski definition) is 2. The van der Waals surface area contributed by atoms with Crippen molar-refractivity contribution in [1.82, 2.24) is 4.98 Å². The van der Waals surface area contributed by atoms with Crippen molar-refractivity contribution in [2.24, 2.45) is 0 Å². The van der Waals surface area contributed by atoms with E-state index in [-0.39, 0.29) is 0 Å². The summed E-state index contributed by atoms with van der Waals surface area (Å²) in [6.45, 7) is 6.36. The smallest absolute Gasteiger partial charge is 0.140 e. The van der Waals surface area contributed by atoms with Crippen molar-refractivity contribution in [2.45, 2.75) is 6.92 Å². The Morgan fingerprint density at radius 3 is 3.08 bits per heavy atom. The molecule has 1 aromatic rings. The van der Waals surface area contributed by atoms with Crippen LogP contribution in [-0.4, -0.2) is 11.5 Å². The van der Waals surface area contributed by atoms with Gasteiger partial charge < -0.3 is 5.32 Å². The fourth-order valence-electron chi connectivity index (χ4n) is 0.832. The molecule has 12 heavy (non-hydrogen) atoms. The van der Waals surface area contributed by atoms with Gasteiger partial charge in [0.2, 0.25) is 0 Å². The maximum Gasteiger partial charge on any atom is 0.140 e. The zero-order valence-electron chi connectivity index (χ0n) is 6.97. The van der Waals surface area contributed by atoms with Crippen LogP contribution in [0.25, 0.3) is 0 Å². The number of rotatable bonds is 3. The molecular formula is C9H11BrN2. The van der Waals surface area contributed by atoms with Crippen LogP contribution in [0.15, 0.2) is 29.4 Å². The third-order valence-electron chi connectivity index (χ3n) is 1.39. The summed E-state index contributed by atoms with van der Waals surface area (Å²) >= 11 is 3.42. The topological polar surface area (TPSA) is 24.9 Å². The minimum Gasteiger partial charge on any atom is -0.366 e. The summed E-state index contributed by atoms with van der Waals surface area (Å²) in [7, 11) is 0. The van der Waals surface area contributed by atoms with Crippen molar-refractivity contribution >= 4 is 21.7 Å². The summed E-state index contributed by atoms with van der Waals surface area (Å²) in [5, 5.41) is 3.11. The predicted molar refractivity (Wildman–Crippen MR) is 55.4 cm³/mol. The Hall–Kier alpha value is -0.830. The van der Waals surface area contributed by atoms with E-state index in [1.54, 1.807) is 6.08 Å². The molecule has 0 aliphatic rings. The number of aromatic nitrogens is 1. The van der Waals surface area contributed by atoms with Crippen molar-refractivity contribution in [3.05, 3.63) is 35.0 Å². The Morgan fingerprint density at radius 2 is 2.50 bits per heavy atom. The number of anilines is 1. The van der Waals surface area contributed by atoms with E-state index in [0.29, 0.717) is 0 Å². The van der Waals surface area contributed by atoms with Gasteiger partial charge in [0.15, 0.2) is 0 Å². The SMILES string of the molecule is C=CCNc1ncc(C)cc1Br. The number of nitrogens with one attached hydrogen (secondary N) is 1. The third kappa shape index (κ3) is 2.34. The molecule has 0 spiro atoms. The van der Waals surface area contributed by atoms with Crippen LogP contribution in [0.5, 0.6) is 0 Å². The lowest BCUT2D eigenvalue weighted by Crippen LogP contribution is -2.00. The molecule has 0 aromatic carbocycles. The second-order valence-electron chi connectivity index (χ2n) is 2.51. The molecule has 64 valence electrons. The van der Waals surface area contributed by atoms with Crippen LogP contribution in [0, 0.1) is 6.92 Å². The molecule has 0 aliphatic heterocycles. The fraction of sp³-hybridized carbons (Fsp3) is 0.222. The van der Waals surface area contributed by atoms with E-state index in [1.807, 2.05) is 19.2 Å². The van der Waals surface area contributed by atoms with Crippen molar-refractivity contribution in [2.75, 3.05) is 11.9 Å². The average Bonchev–Trinajstić information content (AvgIpc) is 2.03. The summed E-state index contributed by atoms with van der Waals surface area (Å²) in [5.74, 6) is 0.862. The van der Waals surface area contributed by atoms with Crippen LogP contribution in [-0.2, 0) is 0 Å². The van der Waals surface area contributed by atoms with Gasteiger partial charge in [-0.3, -0.25) is 0 Å². The normalized spacial score (nSPS) is 9.50. The second-order valence-corrected chi connectivity index (χ2v) is 3.37. The van der Waals surface area contributed by atoms with Gasteiger partial charge in [-0.25, -0.2) is 4.98 Å². The maximum atomic E-state index is 4.21. The van der Waals surface area contributed by atoms with E-state index in [0.717, 1.165) is 22.4 Å². The summed E-state index contributed by atoms with van der Waals surface area (Å²) in [6.07, 6.45) is 3.63. The van der Waals surface area contributed by atoms with Gasteiger partial charge in [0.05, 0.1) is 4.47 Å². The summed E-state index contributed by atoms with van der Waals surface area (Å²) < 4.78 is 0.990. The Balaban J connectivity index is 2.78. The van der Waals surface area contributed by atoms with Gasteiger partial charge in [-0.2, -0.15) is 0 Å². The van der Waals surface area contributed by atoms with Crippen LogP contribution in [0.1, 0.15) is 5.56 Å². The number of nitrogens with zero attached hydrogens (tertiary/aromatic N) is 1. The van der Waals surface area contributed by atoms with E-state index in [4.69, 9.17) is 0 Å². The molecule has 0 aliphatic carbocycles.